The first kappa shape index (κ1) is 13.5. The summed E-state index contributed by atoms with van der Waals surface area (Å²) in [4.78, 5) is 8.47. The molecule has 0 unspecified atom stereocenters. The first-order valence-corrected chi connectivity index (χ1v) is 7.56. The van der Waals surface area contributed by atoms with Gasteiger partial charge in [0, 0.05) is 34.5 Å². The van der Waals surface area contributed by atoms with Crippen LogP contribution in [0.1, 0.15) is 5.56 Å². The molecule has 0 bridgehead atoms. The Kier molecular flexibility index (Phi) is 3.24. The van der Waals surface area contributed by atoms with E-state index in [4.69, 9.17) is 23.2 Å². The quantitative estimate of drug-likeness (QED) is 0.779. The fraction of sp³-hybridized carbons (Fsp3) is 0.133. The van der Waals surface area contributed by atoms with Gasteiger partial charge >= 0.3 is 0 Å². The first-order chi connectivity index (χ1) is 10.7. The van der Waals surface area contributed by atoms with Crippen molar-refractivity contribution in [3.8, 4) is 17.1 Å². The van der Waals surface area contributed by atoms with E-state index < -0.39 is 0 Å². The van der Waals surface area contributed by atoms with E-state index in [1.165, 1.54) is 0 Å². The largest absolute Gasteiger partial charge is 0.369 e. The fourth-order valence-electron chi connectivity index (χ4n) is 2.65. The van der Waals surface area contributed by atoms with Crippen LogP contribution in [-0.4, -0.2) is 26.3 Å². The van der Waals surface area contributed by atoms with Crippen LogP contribution in [0.15, 0.2) is 36.8 Å². The molecule has 5 nitrogen and oxygen atoms in total. The van der Waals surface area contributed by atoms with Gasteiger partial charge in [-0.1, -0.05) is 23.2 Å². The Hall–Kier alpha value is -2.11. The topological polar surface area (TPSA) is 55.6 Å². The van der Waals surface area contributed by atoms with Crippen LogP contribution in [0.3, 0.4) is 0 Å². The van der Waals surface area contributed by atoms with Crippen molar-refractivity contribution in [2.45, 2.75) is 6.42 Å². The number of hydrogen-bond acceptors (Lipinski definition) is 4. The lowest BCUT2D eigenvalue weighted by atomic mass is 10.1. The van der Waals surface area contributed by atoms with Crippen LogP contribution in [0.2, 0.25) is 10.0 Å². The summed E-state index contributed by atoms with van der Waals surface area (Å²) < 4.78 is 1.82. The highest BCUT2D eigenvalue weighted by Gasteiger charge is 2.24. The monoisotopic (exact) mass is 331 g/mol. The van der Waals surface area contributed by atoms with Gasteiger partial charge < -0.3 is 5.32 Å². The van der Waals surface area contributed by atoms with E-state index in [0.29, 0.717) is 10.0 Å². The Labute approximate surface area is 136 Å². The van der Waals surface area contributed by atoms with Gasteiger partial charge in [0.05, 0.1) is 11.9 Å². The number of benzene rings is 1. The normalized spacial score (nSPS) is 13.0. The Morgan fingerprint density at radius 2 is 1.91 bits per heavy atom. The zero-order valence-corrected chi connectivity index (χ0v) is 12.9. The van der Waals surface area contributed by atoms with E-state index in [9.17, 15) is 0 Å². The number of hydrogen-bond donors (Lipinski definition) is 1. The van der Waals surface area contributed by atoms with Crippen LogP contribution in [0.25, 0.3) is 17.1 Å². The molecule has 3 aromatic rings. The highest BCUT2D eigenvalue weighted by Crippen LogP contribution is 2.34. The second-order valence-electron chi connectivity index (χ2n) is 4.98. The number of nitrogens with one attached hydrogen (secondary N) is 1. The SMILES string of the molecule is Clc1cc(Cl)cc(-n2nc(-c3cnccn3)c3c2NCC3)c1. The fourth-order valence-corrected chi connectivity index (χ4v) is 3.16. The average Bonchev–Trinajstić information content (AvgIpc) is 3.08. The molecule has 0 aliphatic carbocycles. The van der Waals surface area contributed by atoms with Gasteiger partial charge in [-0.3, -0.25) is 9.97 Å². The molecule has 1 aliphatic heterocycles. The van der Waals surface area contributed by atoms with Gasteiger partial charge in [-0.15, -0.1) is 0 Å². The standard InChI is InChI=1S/C15H11Cl2N5/c16-9-5-10(17)7-11(6-9)22-15-12(1-2-20-15)14(21-22)13-8-18-3-4-19-13/h3-8,20H,1-2H2. The van der Waals surface area contributed by atoms with E-state index in [2.05, 4.69) is 20.4 Å². The highest BCUT2D eigenvalue weighted by molar-refractivity contribution is 6.34. The number of rotatable bonds is 2. The van der Waals surface area contributed by atoms with Crippen molar-refractivity contribution in [1.82, 2.24) is 19.7 Å². The summed E-state index contributed by atoms with van der Waals surface area (Å²) in [6.45, 7) is 0.870. The molecule has 7 heteroatoms. The first-order valence-electron chi connectivity index (χ1n) is 6.81. The number of aromatic nitrogens is 4. The lowest BCUT2D eigenvalue weighted by Crippen LogP contribution is -2.04. The van der Waals surface area contributed by atoms with Gasteiger partial charge in [-0.25, -0.2) is 4.68 Å². The third kappa shape index (κ3) is 2.23. The third-order valence-corrected chi connectivity index (χ3v) is 3.99. The van der Waals surface area contributed by atoms with E-state index >= 15 is 0 Å². The van der Waals surface area contributed by atoms with Crippen LogP contribution < -0.4 is 5.32 Å². The van der Waals surface area contributed by atoms with Crippen LogP contribution >= 0.6 is 23.2 Å². The van der Waals surface area contributed by atoms with Gasteiger partial charge in [0.25, 0.3) is 0 Å². The second-order valence-corrected chi connectivity index (χ2v) is 5.86. The summed E-state index contributed by atoms with van der Waals surface area (Å²) >= 11 is 12.2. The van der Waals surface area contributed by atoms with Gasteiger partial charge in [0.2, 0.25) is 0 Å². The molecule has 0 saturated carbocycles. The third-order valence-electron chi connectivity index (χ3n) is 3.55. The molecule has 1 aromatic carbocycles. The van der Waals surface area contributed by atoms with Gasteiger partial charge in [0.1, 0.15) is 17.2 Å². The minimum atomic E-state index is 0.575. The van der Waals surface area contributed by atoms with Crippen molar-refractivity contribution in [2.75, 3.05) is 11.9 Å². The van der Waals surface area contributed by atoms with Crippen molar-refractivity contribution in [3.63, 3.8) is 0 Å². The van der Waals surface area contributed by atoms with Crippen LogP contribution in [0.5, 0.6) is 0 Å². The Morgan fingerprint density at radius 1 is 1.09 bits per heavy atom. The molecule has 1 N–H and O–H groups in total. The zero-order valence-electron chi connectivity index (χ0n) is 11.4. The summed E-state index contributed by atoms with van der Waals surface area (Å²) in [5.74, 6) is 0.957. The maximum Gasteiger partial charge on any atom is 0.133 e. The van der Waals surface area contributed by atoms with E-state index in [-0.39, 0.29) is 0 Å². The van der Waals surface area contributed by atoms with Crippen LogP contribution in [0.4, 0.5) is 5.82 Å². The van der Waals surface area contributed by atoms with Crippen molar-refractivity contribution in [2.24, 2.45) is 0 Å². The van der Waals surface area contributed by atoms with Crippen molar-refractivity contribution < 1.29 is 0 Å². The molecule has 0 radical (unpaired) electrons. The molecule has 0 atom stereocenters. The molecule has 0 saturated heterocycles. The highest BCUT2D eigenvalue weighted by atomic mass is 35.5. The molecule has 0 fully saturated rings. The Morgan fingerprint density at radius 3 is 2.64 bits per heavy atom. The minimum absolute atomic E-state index is 0.575. The van der Waals surface area contributed by atoms with Crippen molar-refractivity contribution in [1.29, 1.82) is 0 Å². The van der Waals surface area contributed by atoms with Crippen LogP contribution in [-0.2, 0) is 6.42 Å². The Bertz CT molecular complexity index is 824. The summed E-state index contributed by atoms with van der Waals surface area (Å²) in [5, 5.41) is 9.20. The lowest BCUT2D eigenvalue weighted by molar-refractivity contribution is 0.879. The zero-order chi connectivity index (χ0) is 15.1. The summed E-state index contributed by atoms with van der Waals surface area (Å²) in [7, 11) is 0. The number of anilines is 1. The van der Waals surface area contributed by atoms with Gasteiger partial charge in [-0.05, 0) is 24.6 Å². The molecule has 0 spiro atoms. The maximum atomic E-state index is 6.11. The molecule has 4 rings (SSSR count). The van der Waals surface area contributed by atoms with Gasteiger partial charge in [-0.2, -0.15) is 5.10 Å². The van der Waals surface area contributed by atoms with E-state index in [1.807, 2.05) is 16.8 Å². The molecular weight excluding hydrogens is 321 g/mol. The molecule has 110 valence electrons. The predicted octanol–water partition coefficient (Wildman–Crippen LogP) is 3.60. The lowest BCUT2D eigenvalue weighted by Gasteiger charge is -2.07. The second kappa shape index (κ2) is 5.26. The molecular formula is C15H11Cl2N5. The maximum absolute atomic E-state index is 6.11. The van der Waals surface area contributed by atoms with Crippen LogP contribution in [0, 0.1) is 0 Å². The predicted molar refractivity (Wildman–Crippen MR) is 86.8 cm³/mol. The smallest absolute Gasteiger partial charge is 0.133 e. The van der Waals surface area contributed by atoms with Crippen molar-refractivity contribution in [3.05, 3.63) is 52.4 Å². The number of halogens is 2. The van der Waals surface area contributed by atoms with Crippen molar-refractivity contribution >= 4 is 29.0 Å². The summed E-state index contributed by atoms with van der Waals surface area (Å²) in [6, 6.07) is 5.37. The molecule has 22 heavy (non-hydrogen) atoms. The number of fused-ring (bicyclic) bond motifs is 1. The average molecular weight is 332 g/mol. The molecule has 1 aliphatic rings. The molecule has 3 heterocycles. The number of nitrogens with zero attached hydrogens (tertiary/aromatic N) is 4. The Balaban J connectivity index is 1.91. The minimum Gasteiger partial charge on any atom is -0.369 e. The molecule has 2 aromatic heterocycles. The van der Waals surface area contributed by atoms with E-state index in [1.54, 1.807) is 24.7 Å². The van der Waals surface area contributed by atoms with E-state index in [0.717, 1.165) is 41.4 Å². The summed E-state index contributed by atoms with van der Waals surface area (Å²) in [6.07, 6.45) is 5.93. The van der Waals surface area contributed by atoms with Gasteiger partial charge in [0.15, 0.2) is 0 Å². The summed E-state index contributed by atoms with van der Waals surface area (Å²) in [5.41, 5.74) is 3.55. The molecule has 0 amide bonds.